The largest absolute Gasteiger partial charge is 0.488 e. The maximum absolute atomic E-state index is 12.3. The van der Waals surface area contributed by atoms with Crippen LogP contribution in [0, 0.1) is 10.1 Å². The number of hydrogen-bond donors (Lipinski definition) is 0. The standard InChI is InChI=1S/C19H17NO4/c21-18(16-12-15-5-1-2-7-19(15)24-13-16)6-3-4-14-8-10-17(11-9-14)20(22)23/h1-2,5,7-12H,3-4,6,13H2. The van der Waals surface area contributed by atoms with E-state index in [-0.39, 0.29) is 11.5 Å². The Labute approximate surface area is 139 Å². The lowest BCUT2D eigenvalue weighted by Crippen LogP contribution is -2.14. The highest BCUT2D eigenvalue weighted by atomic mass is 16.6. The minimum absolute atomic E-state index is 0.0815. The van der Waals surface area contributed by atoms with E-state index in [4.69, 9.17) is 4.74 Å². The Balaban J connectivity index is 1.55. The van der Waals surface area contributed by atoms with Gasteiger partial charge >= 0.3 is 0 Å². The number of hydrogen-bond acceptors (Lipinski definition) is 4. The van der Waals surface area contributed by atoms with Gasteiger partial charge in [-0.05, 0) is 30.5 Å². The summed E-state index contributed by atoms with van der Waals surface area (Å²) in [7, 11) is 0. The first-order valence-corrected chi connectivity index (χ1v) is 7.82. The average Bonchev–Trinajstić information content (AvgIpc) is 2.61. The van der Waals surface area contributed by atoms with Crippen molar-refractivity contribution in [2.24, 2.45) is 0 Å². The number of rotatable bonds is 6. The zero-order chi connectivity index (χ0) is 16.9. The lowest BCUT2D eigenvalue weighted by atomic mass is 9.99. The van der Waals surface area contributed by atoms with Crippen LogP contribution >= 0.6 is 0 Å². The topological polar surface area (TPSA) is 69.4 Å². The number of aryl methyl sites for hydroxylation is 1. The maximum Gasteiger partial charge on any atom is 0.269 e. The van der Waals surface area contributed by atoms with Gasteiger partial charge in [0, 0.05) is 29.7 Å². The number of para-hydroxylation sites is 1. The van der Waals surface area contributed by atoms with Gasteiger partial charge in [-0.1, -0.05) is 30.3 Å². The third-order valence-corrected chi connectivity index (χ3v) is 4.01. The second-order valence-electron chi connectivity index (χ2n) is 5.70. The van der Waals surface area contributed by atoms with Crippen molar-refractivity contribution < 1.29 is 14.5 Å². The Kier molecular flexibility index (Phi) is 4.70. The summed E-state index contributed by atoms with van der Waals surface area (Å²) in [5.74, 6) is 0.895. The normalized spacial score (nSPS) is 12.8. The van der Waals surface area contributed by atoms with E-state index in [2.05, 4.69) is 0 Å². The number of Topliss-reactive ketones (excluding diaryl/α,β-unsaturated/α-hetero) is 1. The highest BCUT2D eigenvalue weighted by Crippen LogP contribution is 2.26. The van der Waals surface area contributed by atoms with Crippen LogP contribution in [0.25, 0.3) is 6.08 Å². The second kappa shape index (κ2) is 7.08. The summed E-state index contributed by atoms with van der Waals surface area (Å²) in [4.78, 5) is 22.5. The molecule has 0 amide bonds. The van der Waals surface area contributed by atoms with Crippen LogP contribution in [0.5, 0.6) is 5.75 Å². The zero-order valence-corrected chi connectivity index (χ0v) is 13.1. The molecule has 3 rings (SSSR count). The van der Waals surface area contributed by atoms with Crippen LogP contribution in [0.1, 0.15) is 24.0 Å². The molecule has 24 heavy (non-hydrogen) atoms. The number of non-ortho nitro benzene ring substituents is 1. The van der Waals surface area contributed by atoms with Crippen molar-refractivity contribution >= 4 is 17.5 Å². The molecule has 0 spiro atoms. The van der Waals surface area contributed by atoms with E-state index in [9.17, 15) is 14.9 Å². The molecule has 1 heterocycles. The minimum Gasteiger partial charge on any atom is -0.488 e. The van der Waals surface area contributed by atoms with Crippen molar-refractivity contribution in [3.8, 4) is 5.75 Å². The molecule has 0 radical (unpaired) electrons. The van der Waals surface area contributed by atoms with Gasteiger partial charge in [-0.25, -0.2) is 0 Å². The number of nitro groups is 1. The Bertz CT molecular complexity index is 793. The van der Waals surface area contributed by atoms with Crippen LogP contribution in [-0.4, -0.2) is 17.3 Å². The van der Waals surface area contributed by atoms with Gasteiger partial charge in [0.15, 0.2) is 5.78 Å². The molecule has 5 heteroatoms. The van der Waals surface area contributed by atoms with Gasteiger partial charge < -0.3 is 4.74 Å². The van der Waals surface area contributed by atoms with Gasteiger partial charge in [0.1, 0.15) is 12.4 Å². The van der Waals surface area contributed by atoms with Crippen molar-refractivity contribution in [2.45, 2.75) is 19.3 Å². The molecule has 5 nitrogen and oxygen atoms in total. The summed E-state index contributed by atoms with van der Waals surface area (Å²) in [5, 5.41) is 10.6. The fourth-order valence-corrected chi connectivity index (χ4v) is 2.68. The molecule has 0 fully saturated rings. The van der Waals surface area contributed by atoms with Gasteiger partial charge in [0.05, 0.1) is 4.92 Å². The summed E-state index contributed by atoms with van der Waals surface area (Å²) < 4.78 is 5.60. The minimum atomic E-state index is -0.416. The molecule has 2 aromatic carbocycles. The van der Waals surface area contributed by atoms with Crippen molar-refractivity contribution in [3.63, 3.8) is 0 Å². The quantitative estimate of drug-likeness (QED) is 0.596. The monoisotopic (exact) mass is 323 g/mol. The highest BCUT2D eigenvalue weighted by molar-refractivity contribution is 6.00. The molecule has 0 bridgehead atoms. The number of benzene rings is 2. The third-order valence-electron chi connectivity index (χ3n) is 4.01. The van der Waals surface area contributed by atoms with E-state index in [1.54, 1.807) is 12.1 Å². The lowest BCUT2D eigenvalue weighted by Gasteiger charge is -2.17. The molecule has 1 aliphatic heterocycles. The Morgan fingerprint density at radius 2 is 1.88 bits per heavy atom. The number of carbonyl (C=O) groups is 1. The van der Waals surface area contributed by atoms with E-state index in [0.29, 0.717) is 31.4 Å². The number of nitro benzene ring substituents is 1. The molecule has 0 saturated carbocycles. The third kappa shape index (κ3) is 3.68. The number of fused-ring (bicyclic) bond motifs is 1. The Morgan fingerprint density at radius 1 is 1.12 bits per heavy atom. The van der Waals surface area contributed by atoms with Crippen LogP contribution in [0.15, 0.2) is 54.1 Å². The van der Waals surface area contributed by atoms with Gasteiger partial charge in [-0.3, -0.25) is 14.9 Å². The number of ketones is 1. The summed E-state index contributed by atoms with van der Waals surface area (Å²) in [5.41, 5.74) is 2.70. The van der Waals surface area contributed by atoms with Crippen molar-refractivity contribution in [3.05, 3.63) is 75.3 Å². The van der Waals surface area contributed by atoms with Gasteiger partial charge in [-0.15, -0.1) is 0 Å². The van der Waals surface area contributed by atoms with Crippen LogP contribution in [0.3, 0.4) is 0 Å². The fraction of sp³-hybridized carbons (Fsp3) is 0.211. The maximum atomic E-state index is 12.3. The number of nitrogens with zero attached hydrogens (tertiary/aromatic N) is 1. The molecule has 1 aliphatic rings. The van der Waals surface area contributed by atoms with Crippen LogP contribution < -0.4 is 4.74 Å². The Hall–Kier alpha value is -2.95. The molecule has 0 aliphatic carbocycles. The molecule has 0 saturated heterocycles. The predicted molar refractivity (Wildman–Crippen MR) is 91.0 cm³/mol. The van der Waals surface area contributed by atoms with Crippen LogP contribution in [0.2, 0.25) is 0 Å². The van der Waals surface area contributed by atoms with Gasteiger partial charge in [0.2, 0.25) is 0 Å². The SMILES string of the molecule is O=C(CCCc1ccc([N+](=O)[O-])cc1)C1=Cc2ccccc2OC1. The van der Waals surface area contributed by atoms with E-state index in [1.807, 2.05) is 30.3 Å². The van der Waals surface area contributed by atoms with Crippen LogP contribution in [-0.2, 0) is 11.2 Å². The van der Waals surface area contributed by atoms with E-state index >= 15 is 0 Å². The smallest absolute Gasteiger partial charge is 0.269 e. The van der Waals surface area contributed by atoms with E-state index in [0.717, 1.165) is 16.9 Å². The molecule has 2 aromatic rings. The number of carbonyl (C=O) groups excluding carboxylic acids is 1. The molecule has 0 N–H and O–H groups in total. The summed E-state index contributed by atoms with van der Waals surface area (Å²) in [6, 6.07) is 14.1. The second-order valence-corrected chi connectivity index (χ2v) is 5.70. The predicted octanol–water partition coefficient (Wildman–Crippen LogP) is 3.96. The Morgan fingerprint density at radius 3 is 2.62 bits per heavy atom. The molecular formula is C19H17NO4. The molecule has 0 aromatic heterocycles. The van der Waals surface area contributed by atoms with E-state index < -0.39 is 4.92 Å². The fourth-order valence-electron chi connectivity index (χ4n) is 2.68. The summed E-state index contributed by atoms with van der Waals surface area (Å²) >= 11 is 0. The average molecular weight is 323 g/mol. The van der Waals surface area contributed by atoms with Crippen molar-refractivity contribution in [1.82, 2.24) is 0 Å². The molecule has 0 unspecified atom stereocenters. The summed E-state index contributed by atoms with van der Waals surface area (Å²) in [6.45, 7) is 0.313. The zero-order valence-electron chi connectivity index (χ0n) is 13.1. The molecule has 122 valence electrons. The first-order valence-electron chi connectivity index (χ1n) is 7.82. The van der Waals surface area contributed by atoms with Gasteiger partial charge in [0.25, 0.3) is 5.69 Å². The first-order chi connectivity index (χ1) is 11.6. The molecular weight excluding hydrogens is 306 g/mol. The molecule has 0 atom stereocenters. The summed E-state index contributed by atoms with van der Waals surface area (Å²) in [6.07, 6.45) is 3.76. The lowest BCUT2D eigenvalue weighted by molar-refractivity contribution is -0.384. The van der Waals surface area contributed by atoms with Crippen molar-refractivity contribution in [1.29, 1.82) is 0 Å². The van der Waals surface area contributed by atoms with Crippen molar-refractivity contribution in [2.75, 3.05) is 6.61 Å². The number of ether oxygens (including phenoxy) is 1. The van der Waals surface area contributed by atoms with E-state index in [1.165, 1.54) is 12.1 Å². The first kappa shape index (κ1) is 15.9. The van der Waals surface area contributed by atoms with Crippen LogP contribution in [0.4, 0.5) is 5.69 Å². The highest BCUT2D eigenvalue weighted by Gasteiger charge is 2.16. The van der Waals surface area contributed by atoms with Gasteiger partial charge in [-0.2, -0.15) is 0 Å².